The summed E-state index contributed by atoms with van der Waals surface area (Å²) in [5.74, 6) is 0.944. The van der Waals surface area contributed by atoms with Crippen molar-refractivity contribution in [3.05, 3.63) is 23.8 Å². The molecule has 0 spiro atoms. The van der Waals surface area contributed by atoms with Gasteiger partial charge in [-0.3, -0.25) is 4.79 Å². The van der Waals surface area contributed by atoms with Crippen LogP contribution in [-0.2, 0) is 4.79 Å². The predicted molar refractivity (Wildman–Crippen MR) is 66.2 cm³/mol. The molecule has 1 unspecified atom stereocenters. The Kier molecular flexibility index (Phi) is 3.65. The topological polar surface area (TPSA) is 52.6 Å². The first-order valence-corrected chi connectivity index (χ1v) is 6.01. The first kappa shape index (κ1) is 12.6. The van der Waals surface area contributed by atoms with E-state index in [9.17, 15) is 9.59 Å². The van der Waals surface area contributed by atoms with Crippen LogP contribution in [0.4, 0.5) is 0 Å². The monoisotopic (exact) mass is 248 g/mol. The number of benzene rings is 1. The average molecular weight is 248 g/mol. The molecule has 0 bridgehead atoms. The van der Waals surface area contributed by atoms with E-state index in [0.717, 1.165) is 0 Å². The molecule has 0 aromatic heterocycles. The van der Waals surface area contributed by atoms with Gasteiger partial charge in [0.25, 0.3) is 0 Å². The number of carbonyl (C=O) groups is 2. The van der Waals surface area contributed by atoms with Crippen LogP contribution in [0.25, 0.3) is 0 Å². The van der Waals surface area contributed by atoms with Crippen LogP contribution in [0.15, 0.2) is 18.2 Å². The van der Waals surface area contributed by atoms with Crippen LogP contribution in [0.1, 0.15) is 30.6 Å². The Hall–Kier alpha value is -1.84. The van der Waals surface area contributed by atoms with E-state index in [4.69, 9.17) is 9.47 Å². The van der Waals surface area contributed by atoms with Gasteiger partial charge in [0.15, 0.2) is 17.3 Å². The van der Waals surface area contributed by atoms with Crippen LogP contribution in [0, 0.1) is 5.92 Å². The number of fused-ring (bicyclic) bond motifs is 1. The van der Waals surface area contributed by atoms with Crippen LogP contribution in [0.3, 0.4) is 0 Å². The Labute approximate surface area is 106 Å². The average Bonchev–Trinajstić information content (AvgIpc) is 2.36. The van der Waals surface area contributed by atoms with E-state index in [1.165, 1.54) is 6.92 Å². The molecule has 1 heterocycles. The highest BCUT2D eigenvalue weighted by atomic mass is 16.6. The number of rotatable bonds is 4. The molecular formula is C14H16O4. The second-order valence-electron chi connectivity index (χ2n) is 4.53. The lowest BCUT2D eigenvalue weighted by Crippen LogP contribution is -2.17. The van der Waals surface area contributed by atoms with E-state index in [0.29, 0.717) is 30.3 Å². The largest absolute Gasteiger partial charge is 0.486 e. The zero-order chi connectivity index (χ0) is 13.1. The van der Waals surface area contributed by atoms with E-state index in [2.05, 4.69) is 0 Å². The molecule has 4 heteroatoms. The number of hydrogen-bond donors (Lipinski definition) is 0. The quantitative estimate of drug-likeness (QED) is 0.767. The number of Topliss-reactive ketones (excluding diaryl/α,β-unsaturated/α-hetero) is 2. The maximum absolute atomic E-state index is 12.1. The van der Waals surface area contributed by atoms with Gasteiger partial charge in [-0.05, 0) is 25.1 Å². The lowest BCUT2D eigenvalue weighted by Gasteiger charge is -2.19. The summed E-state index contributed by atoms with van der Waals surface area (Å²) in [6.07, 6.45) is 0.271. The first-order valence-electron chi connectivity index (χ1n) is 6.01. The van der Waals surface area contributed by atoms with Gasteiger partial charge in [-0.15, -0.1) is 0 Å². The molecule has 0 amide bonds. The molecule has 96 valence electrons. The van der Waals surface area contributed by atoms with Gasteiger partial charge in [0.2, 0.25) is 0 Å². The minimum absolute atomic E-state index is 0.0217. The van der Waals surface area contributed by atoms with Gasteiger partial charge in [-0.25, -0.2) is 0 Å². The molecule has 1 aromatic carbocycles. The standard InChI is InChI=1S/C14H16O4/c1-9(7-10(2)15)14(16)11-3-4-12-13(8-11)18-6-5-17-12/h3-4,8-9H,5-7H2,1-2H3. The van der Waals surface area contributed by atoms with Crippen molar-refractivity contribution < 1.29 is 19.1 Å². The molecule has 0 radical (unpaired) electrons. The van der Waals surface area contributed by atoms with Crippen molar-refractivity contribution in [1.29, 1.82) is 0 Å². The molecule has 1 aliphatic heterocycles. The van der Waals surface area contributed by atoms with Crippen molar-refractivity contribution in [2.24, 2.45) is 5.92 Å². The Morgan fingerprint density at radius 1 is 1.22 bits per heavy atom. The van der Waals surface area contributed by atoms with Crippen molar-refractivity contribution in [2.45, 2.75) is 20.3 Å². The third-order valence-electron chi connectivity index (χ3n) is 2.87. The Bertz CT molecular complexity index is 479. The van der Waals surface area contributed by atoms with Crippen molar-refractivity contribution in [3.63, 3.8) is 0 Å². The molecule has 0 fully saturated rings. The summed E-state index contributed by atoms with van der Waals surface area (Å²) >= 11 is 0. The molecule has 0 N–H and O–H groups in total. The normalized spacial score (nSPS) is 15.0. The maximum Gasteiger partial charge on any atom is 0.166 e. The Morgan fingerprint density at radius 2 is 1.89 bits per heavy atom. The van der Waals surface area contributed by atoms with Gasteiger partial charge >= 0.3 is 0 Å². The zero-order valence-corrected chi connectivity index (χ0v) is 10.6. The highest BCUT2D eigenvalue weighted by Crippen LogP contribution is 2.31. The van der Waals surface area contributed by atoms with E-state index >= 15 is 0 Å². The van der Waals surface area contributed by atoms with E-state index < -0.39 is 0 Å². The van der Waals surface area contributed by atoms with Crippen molar-refractivity contribution in [1.82, 2.24) is 0 Å². The van der Waals surface area contributed by atoms with Crippen LogP contribution >= 0.6 is 0 Å². The molecule has 1 aliphatic rings. The lowest BCUT2D eigenvalue weighted by molar-refractivity contribution is -0.117. The molecule has 18 heavy (non-hydrogen) atoms. The van der Waals surface area contributed by atoms with Crippen LogP contribution in [0.2, 0.25) is 0 Å². The third-order valence-corrected chi connectivity index (χ3v) is 2.87. The summed E-state index contributed by atoms with van der Waals surface area (Å²) in [5, 5.41) is 0. The van der Waals surface area contributed by atoms with E-state index in [1.54, 1.807) is 25.1 Å². The van der Waals surface area contributed by atoms with E-state index in [-0.39, 0.29) is 23.9 Å². The van der Waals surface area contributed by atoms with Gasteiger partial charge in [0.05, 0.1) is 0 Å². The highest BCUT2D eigenvalue weighted by Gasteiger charge is 2.20. The fourth-order valence-corrected chi connectivity index (χ4v) is 2.01. The predicted octanol–water partition coefficient (Wildman–Crippen LogP) is 2.26. The molecular weight excluding hydrogens is 232 g/mol. The fourth-order valence-electron chi connectivity index (χ4n) is 2.01. The molecule has 1 atom stereocenters. The van der Waals surface area contributed by atoms with Crippen molar-refractivity contribution in [3.8, 4) is 11.5 Å². The number of ether oxygens (including phenoxy) is 2. The van der Waals surface area contributed by atoms with Crippen LogP contribution in [-0.4, -0.2) is 24.8 Å². The molecule has 0 saturated carbocycles. The Balaban J connectivity index is 2.18. The summed E-state index contributed by atoms with van der Waals surface area (Å²) in [5.41, 5.74) is 0.563. The Morgan fingerprint density at radius 3 is 2.56 bits per heavy atom. The number of carbonyl (C=O) groups excluding carboxylic acids is 2. The molecule has 1 aromatic rings. The minimum atomic E-state index is -0.301. The number of ketones is 2. The molecule has 0 aliphatic carbocycles. The third kappa shape index (κ3) is 2.70. The van der Waals surface area contributed by atoms with Crippen LogP contribution < -0.4 is 9.47 Å². The van der Waals surface area contributed by atoms with Crippen molar-refractivity contribution in [2.75, 3.05) is 13.2 Å². The summed E-state index contributed by atoms with van der Waals surface area (Å²) < 4.78 is 10.8. The minimum Gasteiger partial charge on any atom is -0.486 e. The maximum atomic E-state index is 12.1. The van der Waals surface area contributed by atoms with Gasteiger partial charge in [-0.1, -0.05) is 6.92 Å². The highest BCUT2D eigenvalue weighted by molar-refractivity contribution is 6.00. The summed E-state index contributed by atoms with van der Waals surface area (Å²) in [7, 11) is 0. The first-order chi connectivity index (χ1) is 8.58. The second-order valence-corrected chi connectivity index (χ2v) is 4.53. The van der Waals surface area contributed by atoms with Gasteiger partial charge < -0.3 is 14.3 Å². The second kappa shape index (κ2) is 5.21. The lowest BCUT2D eigenvalue weighted by atomic mass is 9.95. The molecule has 2 rings (SSSR count). The zero-order valence-electron chi connectivity index (χ0n) is 10.6. The fraction of sp³-hybridized carbons (Fsp3) is 0.429. The van der Waals surface area contributed by atoms with Gasteiger partial charge in [0, 0.05) is 17.9 Å². The SMILES string of the molecule is CC(=O)CC(C)C(=O)c1ccc2c(c1)OCCO2. The molecule has 0 saturated heterocycles. The van der Waals surface area contributed by atoms with Crippen LogP contribution in [0.5, 0.6) is 11.5 Å². The van der Waals surface area contributed by atoms with E-state index in [1.807, 2.05) is 0 Å². The van der Waals surface area contributed by atoms with Crippen molar-refractivity contribution >= 4 is 11.6 Å². The van der Waals surface area contributed by atoms with Gasteiger partial charge in [0.1, 0.15) is 19.0 Å². The molecule has 4 nitrogen and oxygen atoms in total. The summed E-state index contributed by atoms with van der Waals surface area (Å²) in [4.78, 5) is 23.1. The summed E-state index contributed by atoms with van der Waals surface area (Å²) in [6, 6.07) is 5.14. The summed E-state index contributed by atoms with van der Waals surface area (Å²) in [6.45, 7) is 4.28. The van der Waals surface area contributed by atoms with Gasteiger partial charge in [-0.2, -0.15) is 0 Å². The number of hydrogen-bond acceptors (Lipinski definition) is 4. The smallest absolute Gasteiger partial charge is 0.166 e.